The number of nitrogens with one attached hydrogen (secondary N) is 1. The first-order valence-corrected chi connectivity index (χ1v) is 7.70. The van der Waals surface area contributed by atoms with E-state index in [-0.39, 0.29) is 6.04 Å². The van der Waals surface area contributed by atoms with Gasteiger partial charge in [0.25, 0.3) is 0 Å². The van der Waals surface area contributed by atoms with Crippen molar-refractivity contribution in [3.8, 4) is 0 Å². The van der Waals surface area contributed by atoms with E-state index in [1.54, 1.807) is 0 Å². The Morgan fingerprint density at radius 3 is 2.56 bits per heavy atom. The van der Waals surface area contributed by atoms with E-state index < -0.39 is 0 Å². The van der Waals surface area contributed by atoms with Gasteiger partial charge in [-0.25, -0.2) is 0 Å². The molecule has 2 aliphatic rings. The minimum absolute atomic E-state index is 0.0868. The number of rotatable bonds is 4. The molecule has 1 N–H and O–H groups in total. The smallest absolute Gasteiger partial charge is 0.239 e. The third kappa shape index (κ3) is 2.71. The van der Waals surface area contributed by atoms with Gasteiger partial charge in [0.2, 0.25) is 5.91 Å². The molecule has 1 amide bonds. The molecule has 104 valence electrons. The number of amides is 1. The fraction of sp³-hybridized carbons (Fsp3) is 0.933. The Labute approximate surface area is 111 Å². The molecular weight excluding hydrogens is 224 g/mol. The minimum Gasteiger partial charge on any atom is -0.341 e. The molecule has 1 saturated carbocycles. The van der Waals surface area contributed by atoms with Crippen LogP contribution in [0.3, 0.4) is 0 Å². The fourth-order valence-electron chi connectivity index (χ4n) is 3.77. The zero-order valence-electron chi connectivity index (χ0n) is 12.1. The quantitative estimate of drug-likeness (QED) is 0.834. The van der Waals surface area contributed by atoms with Gasteiger partial charge in [-0.3, -0.25) is 4.79 Å². The topological polar surface area (TPSA) is 32.3 Å². The summed E-state index contributed by atoms with van der Waals surface area (Å²) in [7, 11) is 1.98. The van der Waals surface area contributed by atoms with Crippen LogP contribution in [0, 0.1) is 5.92 Å². The Balaban J connectivity index is 1.93. The molecule has 0 bridgehead atoms. The molecule has 3 atom stereocenters. The highest BCUT2D eigenvalue weighted by molar-refractivity contribution is 5.82. The summed E-state index contributed by atoms with van der Waals surface area (Å²) in [5.41, 5.74) is 0. The molecule has 18 heavy (non-hydrogen) atoms. The van der Waals surface area contributed by atoms with Crippen LogP contribution in [0.15, 0.2) is 0 Å². The van der Waals surface area contributed by atoms with Crippen LogP contribution in [-0.2, 0) is 4.79 Å². The standard InChI is InChI=1S/C15H28N2O/c1-4-12(5-2)17(3)15(18)14-10-11-8-6-7-9-13(11)16-14/h11-14,16H,4-10H2,1-3H3. The summed E-state index contributed by atoms with van der Waals surface area (Å²) < 4.78 is 0. The first kappa shape index (κ1) is 13.9. The summed E-state index contributed by atoms with van der Waals surface area (Å²) in [4.78, 5) is 14.5. The monoisotopic (exact) mass is 252 g/mol. The maximum absolute atomic E-state index is 12.5. The number of hydrogen-bond donors (Lipinski definition) is 1. The molecule has 1 aliphatic heterocycles. The van der Waals surface area contributed by atoms with Crippen LogP contribution in [-0.4, -0.2) is 36.0 Å². The highest BCUT2D eigenvalue weighted by atomic mass is 16.2. The average Bonchev–Trinajstić information content (AvgIpc) is 2.82. The van der Waals surface area contributed by atoms with Crippen molar-refractivity contribution in [1.82, 2.24) is 10.2 Å². The lowest BCUT2D eigenvalue weighted by Crippen LogP contribution is -2.47. The van der Waals surface area contributed by atoms with Crippen molar-refractivity contribution in [2.24, 2.45) is 5.92 Å². The van der Waals surface area contributed by atoms with E-state index in [2.05, 4.69) is 19.2 Å². The lowest BCUT2D eigenvalue weighted by Gasteiger charge is -2.29. The number of carbonyl (C=O) groups is 1. The van der Waals surface area contributed by atoms with Crippen LogP contribution >= 0.6 is 0 Å². The SMILES string of the molecule is CCC(CC)N(C)C(=O)C1CC2CCCCC2N1. The predicted octanol–water partition coefficient (Wildman–Crippen LogP) is 2.55. The molecule has 1 heterocycles. The van der Waals surface area contributed by atoms with E-state index in [0.29, 0.717) is 18.0 Å². The summed E-state index contributed by atoms with van der Waals surface area (Å²) in [6, 6.07) is 1.11. The van der Waals surface area contributed by atoms with E-state index in [0.717, 1.165) is 25.2 Å². The molecule has 0 aromatic heterocycles. The van der Waals surface area contributed by atoms with E-state index in [1.165, 1.54) is 25.7 Å². The highest BCUT2D eigenvalue weighted by Crippen LogP contribution is 2.33. The number of hydrogen-bond acceptors (Lipinski definition) is 2. The van der Waals surface area contributed by atoms with Gasteiger partial charge in [-0.2, -0.15) is 0 Å². The number of likely N-dealkylation sites (N-methyl/N-ethyl adjacent to an activating group) is 1. The molecule has 2 rings (SSSR count). The van der Waals surface area contributed by atoms with Crippen molar-refractivity contribution >= 4 is 5.91 Å². The van der Waals surface area contributed by atoms with Crippen LogP contribution < -0.4 is 5.32 Å². The Morgan fingerprint density at radius 1 is 1.28 bits per heavy atom. The maximum Gasteiger partial charge on any atom is 0.239 e. The van der Waals surface area contributed by atoms with Crippen molar-refractivity contribution < 1.29 is 4.79 Å². The second kappa shape index (κ2) is 6.05. The average molecular weight is 252 g/mol. The zero-order valence-corrected chi connectivity index (χ0v) is 12.1. The maximum atomic E-state index is 12.5. The Hall–Kier alpha value is -0.570. The Bertz CT molecular complexity index is 274. The van der Waals surface area contributed by atoms with E-state index in [4.69, 9.17) is 0 Å². The molecule has 3 nitrogen and oxygen atoms in total. The summed E-state index contributed by atoms with van der Waals surface area (Å²) in [5, 5.41) is 3.59. The van der Waals surface area contributed by atoms with Gasteiger partial charge < -0.3 is 10.2 Å². The van der Waals surface area contributed by atoms with Crippen LogP contribution in [0.25, 0.3) is 0 Å². The molecule has 0 aromatic rings. The van der Waals surface area contributed by atoms with Crippen LogP contribution in [0.1, 0.15) is 58.8 Å². The first-order valence-electron chi connectivity index (χ1n) is 7.70. The molecule has 0 aromatic carbocycles. The summed E-state index contributed by atoms with van der Waals surface area (Å²) in [6.07, 6.45) is 8.44. The molecule has 3 unspecified atom stereocenters. The molecule has 0 radical (unpaired) electrons. The summed E-state index contributed by atoms with van der Waals surface area (Å²) in [6.45, 7) is 4.33. The third-order valence-corrected chi connectivity index (χ3v) is 5.00. The second-order valence-corrected chi connectivity index (χ2v) is 6.03. The van der Waals surface area contributed by atoms with Gasteiger partial charge in [-0.1, -0.05) is 26.7 Å². The summed E-state index contributed by atoms with van der Waals surface area (Å²) >= 11 is 0. The van der Waals surface area contributed by atoms with Gasteiger partial charge in [0.15, 0.2) is 0 Å². The molecule has 2 fully saturated rings. The van der Waals surface area contributed by atoms with Gasteiger partial charge in [0, 0.05) is 19.1 Å². The van der Waals surface area contributed by atoms with Gasteiger partial charge in [-0.05, 0) is 38.0 Å². The molecule has 0 spiro atoms. The number of fused-ring (bicyclic) bond motifs is 1. The normalized spacial score (nSPS) is 31.4. The van der Waals surface area contributed by atoms with Crippen molar-refractivity contribution in [3.63, 3.8) is 0 Å². The lowest BCUT2D eigenvalue weighted by molar-refractivity contribution is -0.134. The highest BCUT2D eigenvalue weighted by Gasteiger charge is 2.39. The van der Waals surface area contributed by atoms with Gasteiger partial charge in [-0.15, -0.1) is 0 Å². The van der Waals surface area contributed by atoms with Gasteiger partial charge in [0.1, 0.15) is 0 Å². The third-order valence-electron chi connectivity index (χ3n) is 5.00. The fourth-order valence-corrected chi connectivity index (χ4v) is 3.77. The van der Waals surface area contributed by atoms with E-state index in [1.807, 2.05) is 11.9 Å². The van der Waals surface area contributed by atoms with Crippen molar-refractivity contribution in [3.05, 3.63) is 0 Å². The lowest BCUT2D eigenvalue weighted by atomic mass is 9.85. The Morgan fingerprint density at radius 2 is 1.94 bits per heavy atom. The molecule has 3 heteroatoms. The van der Waals surface area contributed by atoms with Crippen molar-refractivity contribution in [1.29, 1.82) is 0 Å². The summed E-state index contributed by atoms with van der Waals surface area (Å²) in [5.74, 6) is 1.07. The van der Waals surface area contributed by atoms with Gasteiger partial charge in [0.05, 0.1) is 6.04 Å². The van der Waals surface area contributed by atoms with E-state index in [9.17, 15) is 4.79 Å². The number of nitrogens with zero attached hydrogens (tertiary/aromatic N) is 1. The molecular formula is C15H28N2O. The largest absolute Gasteiger partial charge is 0.341 e. The van der Waals surface area contributed by atoms with Crippen molar-refractivity contribution in [2.45, 2.75) is 76.9 Å². The van der Waals surface area contributed by atoms with Crippen LogP contribution in [0.5, 0.6) is 0 Å². The van der Waals surface area contributed by atoms with E-state index >= 15 is 0 Å². The predicted molar refractivity (Wildman–Crippen MR) is 74.4 cm³/mol. The van der Waals surface area contributed by atoms with Crippen molar-refractivity contribution in [2.75, 3.05) is 7.05 Å². The molecule has 1 aliphatic carbocycles. The van der Waals surface area contributed by atoms with Gasteiger partial charge >= 0.3 is 0 Å². The first-order chi connectivity index (χ1) is 8.67. The van der Waals surface area contributed by atoms with Crippen LogP contribution in [0.4, 0.5) is 0 Å². The van der Waals surface area contributed by atoms with Crippen LogP contribution in [0.2, 0.25) is 0 Å². The second-order valence-electron chi connectivity index (χ2n) is 6.03. The minimum atomic E-state index is 0.0868. The zero-order chi connectivity index (χ0) is 13.1. The molecule has 1 saturated heterocycles. The number of carbonyl (C=O) groups excluding carboxylic acids is 1. The Kier molecular flexibility index (Phi) is 4.66.